The zero-order valence-corrected chi connectivity index (χ0v) is 37.8. The topological polar surface area (TPSA) is 25.8 Å². The second kappa shape index (κ2) is 43.2. The van der Waals surface area contributed by atoms with Gasteiger partial charge in [-0.1, -0.05) is 271 Å². The van der Waals surface area contributed by atoms with Crippen LogP contribution in [-0.4, -0.2) is 9.97 Å². The first-order chi connectivity index (χ1) is 26.8. The molecular formula is C52H100N2. The first kappa shape index (κ1) is 51.1. The van der Waals surface area contributed by atoms with Gasteiger partial charge in [0.25, 0.3) is 0 Å². The van der Waals surface area contributed by atoms with Gasteiger partial charge in [-0.2, -0.15) is 0 Å². The van der Waals surface area contributed by atoms with Crippen molar-refractivity contribution >= 4 is 0 Å². The Labute approximate surface area is 341 Å². The van der Waals surface area contributed by atoms with Crippen LogP contribution in [0.1, 0.15) is 308 Å². The van der Waals surface area contributed by atoms with E-state index in [1.807, 2.05) is 0 Å². The van der Waals surface area contributed by atoms with E-state index in [2.05, 4.69) is 26.8 Å². The van der Waals surface area contributed by atoms with Gasteiger partial charge in [0.05, 0.1) is 0 Å². The Morgan fingerprint density at radius 1 is 0.241 bits per heavy atom. The maximum Gasteiger partial charge on any atom is 0.128 e. The van der Waals surface area contributed by atoms with Crippen molar-refractivity contribution in [1.82, 2.24) is 9.97 Å². The summed E-state index contributed by atoms with van der Waals surface area (Å²) in [5, 5.41) is 0. The van der Waals surface area contributed by atoms with Gasteiger partial charge in [0.1, 0.15) is 5.82 Å². The minimum atomic E-state index is 1.05. The van der Waals surface area contributed by atoms with Gasteiger partial charge < -0.3 is 0 Å². The largest absolute Gasteiger partial charge is 0.238 e. The lowest BCUT2D eigenvalue weighted by atomic mass is 10.0. The van der Waals surface area contributed by atoms with Crippen LogP contribution in [0.2, 0.25) is 0 Å². The Balaban J connectivity index is 1.99. The molecule has 0 atom stereocenters. The smallest absolute Gasteiger partial charge is 0.128 e. The summed E-state index contributed by atoms with van der Waals surface area (Å²) in [5.74, 6) is 1.12. The maximum atomic E-state index is 5.01. The molecule has 0 saturated carbocycles. The number of nitrogens with zero attached hydrogens (tertiary/aromatic N) is 2. The predicted octanol–water partition coefficient (Wildman–Crippen LogP) is 18.5. The average Bonchev–Trinajstić information content (AvgIpc) is 3.18. The van der Waals surface area contributed by atoms with Crippen LogP contribution in [0, 0.1) is 0 Å². The number of aromatic nitrogens is 2. The van der Waals surface area contributed by atoms with Crippen LogP contribution in [0.4, 0.5) is 0 Å². The summed E-state index contributed by atoms with van der Waals surface area (Å²) in [4.78, 5) is 10.0. The second-order valence-electron chi connectivity index (χ2n) is 17.8. The zero-order chi connectivity index (χ0) is 38.7. The van der Waals surface area contributed by atoms with Crippen molar-refractivity contribution in [1.29, 1.82) is 0 Å². The van der Waals surface area contributed by atoms with Crippen molar-refractivity contribution in [2.24, 2.45) is 0 Å². The Bertz CT molecular complexity index is 787. The standard InChI is InChI=1S/C52H100N2/c1-4-7-10-12-14-16-18-20-22-24-26-28-30-32-34-36-38-40-42-44-46-50-49-51(54-52(53-50)48-9-6-3)47-45-43-41-39-37-35-33-31-29-27-25-23-21-19-17-15-13-11-8-5-2/h49H,4-48H2,1-3H3. The SMILES string of the molecule is CCCCCCCCCCCCCCCCCCCCCCc1cc(CCCCCCCCCCCCCCCCCCCCCC)nc(CCCC)n1. The first-order valence-corrected chi connectivity index (χ1v) is 25.7. The van der Waals surface area contributed by atoms with E-state index in [4.69, 9.17) is 9.97 Å². The van der Waals surface area contributed by atoms with Gasteiger partial charge in [0, 0.05) is 17.8 Å². The van der Waals surface area contributed by atoms with Crippen LogP contribution in [0.15, 0.2) is 6.07 Å². The van der Waals surface area contributed by atoms with Gasteiger partial charge in [-0.25, -0.2) is 9.97 Å². The lowest BCUT2D eigenvalue weighted by molar-refractivity contribution is 0.521. The molecule has 318 valence electrons. The minimum absolute atomic E-state index is 1.05. The van der Waals surface area contributed by atoms with Crippen molar-refractivity contribution in [3.63, 3.8) is 0 Å². The fraction of sp³-hybridized carbons (Fsp3) is 0.923. The Kier molecular flexibility index (Phi) is 40.9. The molecule has 0 saturated heterocycles. The Hall–Kier alpha value is -0.920. The molecule has 2 heteroatoms. The monoisotopic (exact) mass is 753 g/mol. The third-order valence-corrected chi connectivity index (χ3v) is 12.2. The summed E-state index contributed by atoms with van der Waals surface area (Å²) in [6, 6.07) is 2.36. The van der Waals surface area contributed by atoms with Crippen LogP contribution in [0.3, 0.4) is 0 Å². The highest BCUT2D eigenvalue weighted by Gasteiger charge is 2.06. The van der Waals surface area contributed by atoms with E-state index >= 15 is 0 Å². The van der Waals surface area contributed by atoms with Crippen LogP contribution >= 0.6 is 0 Å². The molecule has 1 rings (SSSR count). The van der Waals surface area contributed by atoms with Crippen molar-refractivity contribution in [2.45, 2.75) is 310 Å². The fourth-order valence-electron chi connectivity index (χ4n) is 8.44. The third-order valence-electron chi connectivity index (χ3n) is 12.2. The van der Waals surface area contributed by atoms with Gasteiger partial charge >= 0.3 is 0 Å². The lowest BCUT2D eigenvalue weighted by Gasteiger charge is -2.09. The average molecular weight is 753 g/mol. The molecule has 0 aliphatic rings. The molecule has 54 heavy (non-hydrogen) atoms. The summed E-state index contributed by atoms with van der Waals surface area (Å²) < 4.78 is 0. The van der Waals surface area contributed by atoms with E-state index < -0.39 is 0 Å². The molecule has 2 nitrogen and oxygen atoms in total. The maximum absolute atomic E-state index is 5.01. The number of unbranched alkanes of at least 4 members (excludes halogenated alkanes) is 39. The van der Waals surface area contributed by atoms with E-state index in [9.17, 15) is 0 Å². The van der Waals surface area contributed by atoms with Gasteiger partial charge in [-0.15, -0.1) is 0 Å². The molecule has 0 aliphatic carbocycles. The third kappa shape index (κ3) is 36.7. The number of rotatable bonds is 45. The highest BCUT2D eigenvalue weighted by Crippen LogP contribution is 2.18. The number of aryl methyl sites for hydroxylation is 3. The van der Waals surface area contributed by atoms with E-state index in [1.165, 1.54) is 281 Å². The molecule has 0 aliphatic heterocycles. The minimum Gasteiger partial charge on any atom is -0.238 e. The van der Waals surface area contributed by atoms with Crippen LogP contribution in [-0.2, 0) is 19.3 Å². The second-order valence-corrected chi connectivity index (χ2v) is 17.8. The summed E-state index contributed by atoms with van der Waals surface area (Å²) >= 11 is 0. The molecule has 1 aromatic heterocycles. The normalized spacial score (nSPS) is 11.6. The molecule has 1 heterocycles. The lowest BCUT2D eigenvalue weighted by Crippen LogP contribution is -2.04. The molecule has 0 unspecified atom stereocenters. The summed E-state index contributed by atoms with van der Waals surface area (Å²) in [7, 11) is 0. The van der Waals surface area contributed by atoms with Crippen molar-refractivity contribution in [3.8, 4) is 0 Å². The molecule has 0 aromatic carbocycles. The molecule has 0 bridgehead atoms. The quantitative estimate of drug-likeness (QED) is 0.0620. The van der Waals surface area contributed by atoms with Gasteiger partial charge in [-0.05, 0) is 38.2 Å². The molecule has 0 fully saturated rings. The molecular weight excluding hydrogens is 653 g/mol. The number of hydrogen-bond donors (Lipinski definition) is 0. The van der Waals surface area contributed by atoms with E-state index in [-0.39, 0.29) is 0 Å². The number of hydrogen-bond acceptors (Lipinski definition) is 2. The summed E-state index contributed by atoms with van der Waals surface area (Å²) in [6.07, 6.45) is 63.5. The Morgan fingerprint density at radius 2 is 0.444 bits per heavy atom. The van der Waals surface area contributed by atoms with Gasteiger partial charge in [0.15, 0.2) is 0 Å². The van der Waals surface area contributed by atoms with Gasteiger partial charge in [-0.3, -0.25) is 0 Å². The molecule has 0 radical (unpaired) electrons. The zero-order valence-electron chi connectivity index (χ0n) is 37.8. The van der Waals surface area contributed by atoms with Crippen LogP contribution in [0.25, 0.3) is 0 Å². The molecule has 0 N–H and O–H groups in total. The van der Waals surface area contributed by atoms with E-state index in [0.717, 1.165) is 25.1 Å². The molecule has 0 amide bonds. The van der Waals surface area contributed by atoms with Crippen LogP contribution < -0.4 is 0 Å². The summed E-state index contributed by atoms with van der Waals surface area (Å²) in [6.45, 7) is 6.90. The van der Waals surface area contributed by atoms with E-state index in [1.54, 1.807) is 0 Å². The first-order valence-electron chi connectivity index (χ1n) is 25.7. The van der Waals surface area contributed by atoms with Crippen molar-refractivity contribution in [3.05, 3.63) is 23.3 Å². The van der Waals surface area contributed by atoms with Crippen molar-refractivity contribution < 1.29 is 0 Å². The van der Waals surface area contributed by atoms with Crippen molar-refractivity contribution in [2.75, 3.05) is 0 Å². The van der Waals surface area contributed by atoms with E-state index in [0.29, 0.717) is 0 Å². The summed E-state index contributed by atoms with van der Waals surface area (Å²) in [5.41, 5.74) is 2.64. The highest BCUT2D eigenvalue weighted by atomic mass is 14.9. The highest BCUT2D eigenvalue weighted by molar-refractivity contribution is 5.12. The molecule has 1 aromatic rings. The van der Waals surface area contributed by atoms with Crippen LogP contribution in [0.5, 0.6) is 0 Å². The predicted molar refractivity (Wildman–Crippen MR) is 244 cm³/mol. The molecule has 0 spiro atoms. The fourth-order valence-corrected chi connectivity index (χ4v) is 8.44. The Morgan fingerprint density at radius 3 is 0.667 bits per heavy atom. The van der Waals surface area contributed by atoms with Gasteiger partial charge in [0.2, 0.25) is 0 Å².